The van der Waals surface area contributed by atoms with Crippen LogP contribution in [0.3, 0.4) is 0 Å². The Morgan fingerprint density at radius 1 is 1.02 bits per heavy atom. The number of carbonyl (C=O) groups excluding carboxylic acids is 5. The van der Waals surface area contributed by atoms with Crippen molar-refractivity contribution in [2.45, 2.75) is 25.1 Å². The minimum absolute atomic E-state index is 0.0515. The molecule has 2 aliphatic heterocycles. The quantitative estimate of drug-likeness (QED) is 0.189. The number of fused-ring (bicyclic) bond motifs is 1. The average Bonchev–Trinajstić information content (AvgIpc) is 3.25. The van der Waals surface area contributed by atoms with Crippen molar-refractivity contribution in [3.8, 4) is 0 Å². The Morgan fingerprint density at radius 2 is 1.79 bits per heavy atom. The number of alkyl halides is 1. The van der Waals surface area contributed by atoms with Gasteiger partial charge < -0.3 is 24.8 Å². The highest BCUT2D eigenvalue weighted by molar-refractivity contribution is 6.25. The van der Waals surface area contributed by atoms with E-state index in [-0.39, 0.29) is 63.5 Å². The molecule has 3 heterocycles. The number of hydrogen-bond donors (Lipinski definition) is 3. The number of nitrogens with one attached hydrogen (secondary N) is 3. The summed E-state index contributed by atoms with van der Waals surface area (Å²) < 4.78 is 30.1. The molecule has 2 unspecified atom stereocenters. The van der Waals surface area contributed by atoms with Gasteiger partial charge in [-0.25, -0.2) is 4.39 Å². The summed E-state index contributed by atoms with van der Waals surface area (Å²) >= 11 is 0. The Balaban J connectivity index is 1.06. The van der Waals surface area contributed by atoms with Crippen molar-refractivity contribution < 1.29 is 42.6 Å². The highest BCUT2D eigenvalue weighted by Gasteiger charge is 2.45. The van der Waals surface area contributed by atoms with E-state index in [1.54, 1.807) is 30.5 Å². The van der Waals surface area contributed by atoms with E-state index in [1.807, 2.05) is 0 Å². The third-order valence-electron chi connectivity index (χ3n) is 6.48. The van der Waals surface area contributed by atoms with Crippen molar-refractivity contribution >= 4 is 35.2 Å². The minimum Gasteiger partial charge on any atom is -0.382 e. The second kappa shape index (κ2) is 15.1. The molecular formula is C28H32FN5O8. The molecule has 0 saturated carbocycles. The van der Waals surface area contributed by atoms with Crippen molar-refractivity contribution in [2.24, 2.45) is 0 Å². The van der Waals surface area contributed by atoms with E-state index in [9.17, 15) is 28.4 Å². The molecule has 14 heteroatoms. The average molecular weight is 586 g/mol. The normalized spacial score (nSPS) is 17.2. The standard InChI is InChI=1S/C28H32FN5O8/c29-19(16-32-25(36)18-3-2-8-30-15-18)17-42-14-13-41-12-11-40-10-9-31-21-5-1-4-20-24(21)28(39)34(27(20)38)22-6-7-23(35)33-26(22)37/h1-5,8,15,19,22,31H,6-7,9-14,16-17H2,(H,32,36)(H,33,35,37). The molecule has 0 radical (unpaired) electrons. The Morgan fingerprint density at radius 3 is 2.52 bits per heavy atom. The summed E-state index contributed by atoms with van der Waals surface area (Å²) in [5.74, 6) is -2.65. The molecule has 1 fully saturated rings. The van der Waals surface area contributed by atoms with Gasteiger partial charge >= 0.3 is 0 Å². The smallest absolute Gasteiger partial charge is 0.264 e. The van der Waals surface area contributed by atoms with Gasteiger partial charge in [-0.1, -0.05) is 6.07 Å². The van der Waals surface area contributed by atoms with Crippen LogP contribution >= 0.6 is 0 Å². The molecule has 4 rings (SSSR count). The second-order valence-electron chi connectivity index (χ2n) is 9.45. The lowest BCUT2D eigenvalue weighted by Crippen LogP contribution is -2.54. The maximum Gasteiger partial charge on any atom is 0.264 e. The van der Waals surface area contributed by atoms with E-state index in [4.69, 9.17) is 14.2 Å². The number of aromatic nitrogens is 1. The van der Waals surface area contributed by atoms with Crippen molar-refractivity contribution in [3.05, 3.63) is 59.4 Å². The largest absolute Gasteiger partial charge is 0.382 e. The van der Waals surface area contributed by atoms with Crippen LogP contribution in [-0.2, 0) is 23.8 Å². The molecule has 0 aliphatic carbocycles. The van der Waals surface area contributed by atoms with E-state index in [1.165, 1.54) is 12.3 Å². The van der Waals surface area contributed by atoms with Gasteiger partial charge in [-0.05, 0) is 30.7 Å². The fourth-order valence-electron chi connectivity index (χ4n) is 4.43. The first-order chi connectivity index (χ1) is 20.4. The molecule has 5 amide bonds. The lowest BCUT2D eigenvalue weighted by atomic mass is 10.0. The number of anilines is 1. The van der Waals surface area contributed by atoms with Crippen molar-refractivity contribution in [2.75, 3.05) is 58.0 Å². The first-order valence-corrected chi connectivity index (χ1v) is 13.5. The van der Waals surface area contributed by atoms with Gasteiger partial charge in [0.2, 0.25) is 11.8 Å². The zero-order chi connectivity index (χ0) is 29.9. The minimum atomic E-state index is -1.36. The highest BCUT2D eigenvalue weighted by Crippen LogP contribution is 2.32. The van der Waals surface area contributed by atoms with Gasteiger partial charge in [-0.2, -0.15) is 0 Å². The van der Waals surface area contributed by atoms with E-state index < -0.39 is 41.7 Å². The predicted octanol–water partition coefficient (Wildman–Crippen LogP) is 0.713. The zero-order valence-electron chi connectivity index (χ0n) is 22.8. The van der Waals surface area contributed by atoms with Crippen LogP contribution in [0.1, 0.15) is 43.9 Å². The lowest BCUT2D eigenvalue weighted by molar-refractivity contribution is -0.136. The van der Waals surface area contributed by atoms with Gasteiger partial charge in [0.25, 0.3) is 17.7 Å². The maximum atomic E-state index is 13.9. The van der Waals surface area contributed by atoms with Gasteiger partial charge in [-0.3, -0.25) is 39.2 Å². The van der Waals surface area contributed by atoms with Gasteiger partial charge in [0.05, 0.1) is 62.9 Å². The highest BCUT2D eigenvalue weighted by atomic mass is 19.1. The molecule has 224 valence electrons. The van der Waals surface area contributed by atoms with Crippen LogP contribution in [-0.4, -0.2) is 104 Å². The molecule has 1 aromatic heterocycles. The third kappa shape index (κ3) is 7.93. The lowest BCUT2D eigenvalue weighted by Gasteiger charge is -2.27. The zero-order valence-corrected chi connectivity index (χ0v) is 22.8. The molecular weight excluding hydrogens is 553 g/mol. The Bertz CT molecular complexity index is 1290. The van der Waals surface area contributed by atoms with Gasteiger partial charge in [0, 0.05) is 31.0 Å². The van der Waals surface area contributed by atoms with Crippen molar-refractivity contribution in [1.29, 1.82) is 0 Å². The van der Waals surface area contributed by atoms with E-state index in [2.05, 4.69) is 20.9 Å². The summed E-state index contributed by atoms with van der Waals surface area (Å²) in [5, 5.41) is 7.75. The number of hydrogen-bond acceptors (Lipinski definition) is 10. The number of amides is 5. The molecule has 42 heavy (non-hydrogen) atoms. The molecule has 2 atom stereocenters. The third-order valence-corrected chi connectivity index (χ3v) is 6.48. The van der Waals surface area contributed by atoms with Crippen molar-refractivity contribution in [3.63, 3.8) is 0 Å². The predicted molar refractivity (Wildman–Crippen MR) is 146 cm³/mol. The molecule has 2 aliphatic rings. The molecule has 0 spiro atoms. The van der Waals surface area contributed by atoms with Gasteiger partial charge in [0.15, 0.2) is 0 Å². The van der Waals surface area contributed by atoms with Crippen LogP contribution in [0.25, 0.3) is 0 Å². The molecule has 3 N–H and O–H groups in total. The summed E-state index contributed by atoms with van der Waals surface area (Å²) in [6.07, 6.45) is 1.72. The molecule has 1 aromatic carbocycles. The topological polar surface area (TPSA) is 165 Å². The number of ether oxygens (including phenoxy) is 3. The van der Waals surface area contributed by atoms with Crippen LogP contribution in [0.2, 0.25) is 0 Å². The molecule has 2 aromatic rings. The molecule has 0 bridgehead atoms. The van der Waals surface area contributed by atoms with Crippen molar-refractivity contribution in [1.82, 2.24) is 20.5 Å². The first kappa shape index (κ1) is 30.7. The number of halogens is 1. The number of imide groups is 2. The van der Waals surface area contributed by atoms with E-state index >= 15 is 0 Å². The molecule has 13 nitrogen and oxygen atoms in total. The number of carbonyl (C=O) groups is 5. The van der Waals surface area contributed by atoms with Crippen LogP contribution in [0.4, 0.5) is 10.1 Å². The molecule has 1 saturated heterocycles. The number of benzene rings is 1. The fourth-order valence-corrected chi connectivity index (χ4v) is 4.43. The van der Waals surface area contributed by atoms with Gasteiger partial charge in [0.1, 0.15) is 12.2 Å². The number of nitrogens with zero attached hydrogens (tertiary/aromatic N) is 2. The Labute approximate surface area is 241 Å². The summed E-state index contributed by atoms with van der Waals surface area (Å²) in [6.45, 7) is 1.28. The summed E-state index contributed by atoms with van der Waals surface area (Å²) in [4.78, 5) is 66.3. The van der Waals surface area contributed by atoms with E-state index in [0.29, 0.717) is 24.4 Å². The summed E-state index contributed by atoms with van der Waals surface area (Å²) in [6, 6.07) is 7.01. The Hall–Kier alpha value is -4.27. The fraction of sp³-hybridized carbons (Fsp3) is 0.429. The monoisotopic (exact) mass is 585 g/mol. The number of piperidine rings is 1. The van der Waals surface area contributed by atoms with Crippen LogP contribution in [0, 0.1) is 0 Å². The summed E-state index contributed by atoms with van der Waals surface area (Å²) in [7, 11) is 0. The Kier molecular flexibility index (Phi) is 11.0. The van der Waals surface area contributed by atoms with Crippen LogP contribution in [0.15, 0.2) is 42.7 Å². The second-order valence-corrected chi connectivity index (χ2v) is 9.45. The van der Waals surface area contributed by atoms with Crippen LogP contribution in [0.5, 0.6) is 0 Å². The first-order valence-electron chi connectivity index (χ1n) is 13.5. The SMILES string of the molecule is O=C1CCC(N2C(=O)c3cccc(NCCOCCOCCOCC(F)CNC(=O)c4cccnc4)c3C2=O)C(=O)N1. The maximum absolute atomic E-state index is 13.9. The number of rotatable bonds is 16. The number of pyridine rings is 1. The van der Waals surface area contributed by atoms with Gasteiger partial charge in [-0.15, -0.1) is 0 Å². The van der Waals surface area contributed by atoms with E-state index in [0.717, 1.165) is 4.90 Å². The summed E-state index contributed by atoms with van der Waals surface area (Å²) in [5.41, 5.74) is 1.17. The van der Waals surface area contributed by atoms with Crippen LogP contribution < -0.4 is 16.0 Å².